The van der Waals surface area contributed by atoms with Crippen LogP contribution in [0.15, 0.2) is 24.4 Å². The van der Waals surface area contributed by atoms with Crippen molar-refractivity contribution < 1.29 is 4.79 Å². The molecule has 0 atom stereocenters. The lowest BCUT2D eigenvalue weighted by atomic mass is 10.2. The zero-order valence-corrected chi connectivity index (χ0v) is 12.1. The Labute approximate surface area is 116 Å². The van der Waals surface area contributed by atoms with Crippen LogP contribution < -0.4 is 5.32 Å². The van der Waals surface area contributed by atoms with Crippen LogP contribution >= 0.6 is 0 Å². The quantitative estimate of drug-likeness (QED) is 0.745. The van der Waals surface area contributed by atoms with E-state index in [-0.39, 0.29) is 5.91 Å². The van der Waals surface area contributed by atoms with Gasteiger partial charge in [0, 0.05) is 6.20 Å². The smallest absolute Gasteiger partial charge is 0.239 e. The van der Waals surface area contributed by atoms with Gasteiger partial charge in [0.25, 0.3) is 0 Å². The third kappa shape index (κ3) is 6.91. The van der Waals surface area contributed by atoms with Crippen molar-refractivity contribution in [1.29, 1.82) is 0 Å². The van der Waals surface area contributed by atoms with Crippen LogP contribution in [0.4, 0.5) is 5.82 Å². The molecular weight excluding hydrogens is 238 g/mol. The highest BCUT2D eigenvalue weighted by molar-refractivity contribution is 5.91. The van der Waals surface area contributed by atoms with E-state index in [4.69, 9.17) is 0 Å². The van der Waals surface area contributed by atoms with Gasteiger partial charge in [-0.25, -0.2) is 4.98 Å². The molecule has 1 aromatic heterocycles. The van der Waals surface area contributed by atoms with Gasteiger partial charge in [0.05, 0.1) is 6.54 Å². The SMILES string of the molecule is CCCCN(CCCC)CC(=O)Nc1ccccn1. The minimum atomic E-state index is 0.0194. The monoisotopic (exact) mass is 263 g/mol. The van der Waals surface area contributed by atoms with Crippen molar-refractivity contribution in [3.63, 3.8) is 0 Å². The van der Waals surface area contributed by atoms with Crippen LogP contribution in [-0.4, -0.2) is 35.4 Å². The van der Waals surface area contributed by atoms with Gasteiger partial charge in [0.2, 0.25) is 5.91 Å². The minimum Gasteiger partial charge on any atom is -0.310 e. The number of anilines is 1. The molecule has 1 heterocycles. The van der Waals surface area contributed by atoms with E-state index in [1.54, 1.807) is 12.3 Å². The molecule has 4 heteroatoms. The van der Waals surface area contributed by atoms with E-state index in [0.717, 1.165) is 38.8 Å². The van der Waals surface area contributed by atoms with Crippen molar-refractivity contribution >= 4 is 11.7 Å². The van der Waals surface area contributed by atoms with Gasteiger partial charge < -0.3 is 5.32 Å². The highest BCUT2D eigenvalue weighted by Gasteiger charge is 2.10. The molecule has 1 N–H and O–H groups in total. The molecule has 0 spiro atoms. The van der Waals surface area contributed by atoms with Gasteiger partial charge in [-0.3, -0.25) is 9.69 Å². The highest BCUT2D eigenvalue weighted by atomic mass is 16.2. The summed E-state index contributed by atoms with van der Waals surface area (Å²) < 4.78 is 0. The minimum absolute atomic E-state index is 0.0194. The summed E-state index contributed by atoms with van der Waals surface area (Å²) in [6, 6.07) is 5.51. The highest BCUT2D eigenvalue weighted by Crippen LogP contribution is 2.02. The Bertz CT molecular complexity index is 346. The molecule has 0 bridgehead atoms. The van der Waals surface area contributed by atoms with Crippen LogP contribution in [0.5, 0.6) is 0 Å². The normalized spacial score (nSPS) is 10.7. The third-order valence-corrected chi connectivity index (χ3v) is 2.96. The molecule has 106 valence electrons. The van der Waals surface area contributed by atoms with Gasteiger partial charge in [-0.15, -0.1) is 0 Å². The van der Waals surface area contributed by atoms with Crippen molar-refractivity contribution in [2.24, 2.45) is 0 Å². The maximum Gasteiger partial charge on any atom is 0.239 e. The van der Waals surface area contributed by atoms with Gasteiger partial charge in [-0.05, 0) is 38.1 Å². The van der Waals surface area contributed by atoms with E-state index in [2.05, 4.69) is 29.0 Å². The van der Waals surface area contributed by atoms with Gasteiger partial charge in [-0.2, -0.15) is 0 Å². The van der Waals surface area contributed by atoms with Gasteiger partial charge in [-0.1, -0.05) is 32.8 Å². The summed E-state index contributed by atoms with van der Waals surface area (Å²) >= 11 is 0. The van der Waals surface area contributed by atoms with Crippen molar-refractivity contribution in [2.75, 3.05) is 25.0 Å². The van der Waals surface area contributed by atoms with Gasteiger partial charge in [0.15, 0.2) is 0 Å². The van der Waals surface area contributed by atoms with E-state index in [9.17, 15) is 4.79 Å². The predicted octanol–water partition coefficient (Wildman–Crippen LogP) is 2.92. The standard InChI is InChI=1S/C15H25N3O/c1-3-5-11-18(12-6-4-2)13-15(19)17-14-9-7-8-10-16-14/h7-10H,3-6,11-13H2,1-2H3,(H,16,17,19). The topological polar surface area (TPSA) is 45.2 Å². The first-order chi connectivity index (χ1) is 9.26. The number of nitrogens with zero attached hydrogens (tertiary/aromatic N) is 2. The van der Waals surface area contributed by atoms with Crippen LogP contribution in [0.2, 0.25) is 0 Å². The average molecular weight is 263 g/mol. The number of rotatable bonds is 9. The average Bonchev–Trinajstić information content (AvgIpc) is 2.43. The van der Waals surface area contributed by atoms with Gasteiger partial charge in [0.1, 0.15) is 5.82 Å². The maximum atomic E-state index is 12.0. The number of aromatic nitrogens is 1. The van der Waals surface area contributed by atoms with Gasteiger partial charge >= 0.3 is 0 Å². The fraction of sp³-hybridized carbons (Fsp3) is 0.600. The Morgan fingerprint density at radius 2 is 1.89 bits per heavy atom. The van der Waals surface area contributed by atoms with Crippen molar-refractivity contribution in [1.82, 2.24) is 9.88 Å². The molecule has 0 aliphatic carbocycles. The molecule has 0 fully saturated rings. The third-order valence-electron chi connectivity index (χ3n) is 2.96. The Morgan fingerprint density at radius 3 is 2.42 bits per heavy atom. The Hall–Kier alpha value is -1.42. The lowest BCUT2D eigenvalue weighted by molar-refractivity contribution is -0.117. The molecule has 0 unspecified atom stereocenters. The maximum absolute atomic E-state index is 12.0. The molecule has 1 rings (SSSR count). The van der Waals surface area contributed by atoms with Crippen LogP contribution in [0.1, 0.15) is 39.5 Å². The summed E-state index contributed by atoms with van der Waals surface area (Å²) in [5, 5.41) is 2.83. The molecule has 0 saturated carbocycles. The fourth-order valence-corrected chi connectivity index (χ4v) is 1.86. The number of carbonyl (C=O) groups is 1. The molecule has 1 aromatic rings. The number of hydrogen-bond acceptors (Lipinski definition) is 3. The number of amides is 1. The Balaban J connectivity index is 2.41. The van der Waals surface area contributed by atoms with Crippen LogP contribution in [0, 0.1) is 0 Å². The summed E-state index contributed by atoms with van der Waals surface area (Å²) in [6.07, 6.45) is 6.28. The van der Waals surface area contributed by atoms with Crippen LogP contribution in [-0.2, 0) is 4.79 Å². The van der Waals surface area contributed by atoms with Crippen molar-refractivity contribution in [3.8, 4) is 0 Å². The van der Waals surface area contributed by atoms with Crippen molar-refractivity contribution in [3.05, 3.63) is 24.4 Å². The second-order valence-electron chi connectivity index (χ2n) is 4.75. The first-order valence-corrected chi connectivity index (χ1v) is 7.19. The zero-order valence-electron chi connectivity index (χ0n) is 12.1. The number of nitrogens with one attached hydrogen (secondary N) is 1. The molecule has 4 nitrogen and oxygen atoms in total. The van der Waals surface area contributed by atoms with Crippen molar-refractivity contribution in [2.45, 2.75) is 39.5 Å². The van der Waals surface area contributed by atoms with E-state index in [0.29, 0.717) is 12.4 Å². The zero-order chi connectivity index (χ0) is 13.9. The summed E-state index contributed by atoms with van der Waals surface area (Å²) in [5.74, 6) is 0.643. The Morgan fingerprint density at radius 1 is 1.21 bits per heavy atom. The Kier molecular flexibility index (Phi) is 7.82. The molecular formula is C15H25N3O. The second-order valence-corrected chi connectivity index (χ2v) is 4.75. The lowest BCUT2D eigenvalue weighted by Gasteiger charge is -2.21. The fourth-order valence-electron chi connectivity index (χ4n) is 1.86. The first kappa shape index (κ1) is 15.6. The van der Waals surface area contributed by atoms with E-state index < -0.39 is 0 Å². The summed E-state index contributed by atoms with van der Waals surface area (Å²) in [7, 11) is 0. The molecule has 1 amide bonds. The molecule has 0 aliphatic heterocycles. The van der Waals surface area contributed by atoms with Crippen LogP contribution in [0.25, 0.3) is 0 Å². The molecule has 19 heavy (non-hydrogen) atoms. The molecule has 0 aromatic carbocycles. The lowest BCUT2D eigenvalue weighted by Crippen LogP contribution is -2.34. The molecule has 0 radical (unpaired) electrons. The van der Waals surface area contributed by atoms with E-state index in [1.807, 2.05) is 12.1 Å². The number of hydrogen-bond donors (Lipinski definition) is 1. The number of carbonyl (C=O) groups excluding carboxylic acids is 1. The summed E-state index contributed by atoms with van der Waals surface area (Å²) in [4.78, 5) is 18.3. The predicted molar refractivity (Wildman–Crippen MR) is 79.1 cm³/mol. The molecule has 0 saturated heterocycles. The van der Waals surface area contributed by atoms with Crippen LogP contribution in [0.3, 0.4) is 0 Å². The van der Waals surface area contributed by atoms with E-state index in [1.165, 1.54) is 0 Å². The number of pyridine rings is 1. The molecule has 0 aliphatic rings. The first-order valence-electron chi connectivity index (χ1n) is 7.19. The summed E-state index contributed by atoms with van der Waals surface area (Å²) in [5.41, 5.74) is 0. The second kappa shape index (κ2) is 9.50. The summed E-state index contributed by atoms with van der Waals surface area (Å²) in [6.45, 7) is 6.78. The number of unbranched alkanes of at least 4 members (excludes halogenated alkanes) is 2. The van der Waals surface area contributed by atoms with E-state index >= 15 is 0 Å². The largest absolute Gasteiger partial charge is 0.310 e.